The van der Waals surface area contributed by atoms with E-state index in [-0.39, 0.29) is 29.7 Å². The van der Waals surface area contributed by atoms with Crippen LogP contribution in [0.4, 0.5) is 0 Å². The van der Waals surface area contributed by atoms with Crippen LogP contribution in [0.3, 0.4) is 0 Å². The number of carbonyl (C=O) groups is 2. The molecule has 0 unspecified atom stereocenters. The highest BCUT2D eigenvalue weighted by Crippen LogP contribution is 2.17. The predicted molar refractivity (Wildman–Crippen MR) is 70.7 cm³/mol. The van der Waals surface area contributed by atoms with Crippen LogP contribution in [0.25, 0.3) is 0 Å². The zero-order valence-electron chi connectivity index (χ0n) is 12.0. The zero-order chi connectivity index (χ0) is 14.6. The smallest absolute Gasteiger partial charge is 0.291 e. The van der Waals surface area contributed by atoms with Crippen LogP contribution in [0.1, 0.15) is 51.1 Å². The molecule has 0 spiro atoms. The molecule has 0 bridgehead atoms. The van der Waals surface area contributed by atoms with Crippen molar-refractivity contribution >= 4 is 11.8 Å². The summed E-state index contributed by atoms with van der Waals surface area (Å²) < 4.78 is 0. The summed E-state index contributed by atoms with van der Waals surface area (Å²) in [6.07, 6.45) is 0. The normalized spacial score (nSPS) is 11.5. The summed E-state index contributed by atoms with van der Waals surface area (Å²) in [6.45, 7) is 9.51. The summed E-state index contributed by atoms with van der Waals surface area (Å²) in [7, 11) is 0. The number of hydrogen-bond donors (Lipinski definition) is 3. The van der Waals surface area contributed by atoms with E-state index in [4.69, 9.17) is 0 Å². The molecular weight excluding hydrogens is 246 g/mol. The van der Waals surface area contributed by atoms with Crippen LogP contribution in [0.2, 0.25) is 0 Å². The second kappa shape index (κ2) is 5.81. The van der Waals surface area contributed by atoms with Crippen LogP contribution >= 0.6 is 0 Å². The third-order valence-electron chi connectivity index (χ3n) is 2.26. The highest BCUT2D eigenvalue weighted by molar-refractivity contribution is 5.93. The minimum Gasteiger partial charge on any atom is -0.352 e. The molecule has 3 N–H and O–H groups in total. The van der Waals surface area contributed by atoms with Gasteiger partial charge in [0.25, 0.3) is 5.91 Å². The van der Waals surface area contributed by atoms with Crippen LogP contribution in [0.5, 0.6) is 0 Å². The van der Waals surface area contributed by atoms with Gasteiger partial charge in [-0.05, 0) is 13.8 Å². The van der Waals surface area contributed by atoms with E-state index in [1.54, 1.807) is 0 Å². The van der Waals surface area contributed by atoms with Gasteiger partial charge in [-0.1, -0.05) is 20.8 Å². The van der Waals surface area contributed by atoms with Crippen LogP contribution in [-0.4, -0.2) is 39.6 Å². The number of hydrogen-bond acceptors (Lipinski definition) is 4. The Kier molecular flexibility index (Phi) is 4.63. The Morgan fingerprint density at radius 2 is 1.95 bits per heavy atom. The van der Waals surface area contributed by atoms with Crippen molar-refractivity contribution in [3.8, 4) is 0 Å². The molecule has 0 saturated carbocycles. The number of H-pyrrole nitrogens is 1. The standard InChI is InChI=1S/C12H21N5O2/c1-7(2)14-8(18)6-13-10(19)9-15-11(17-16-9)12(3,4)5/h7H,6H2,1-5H3,(H,13,19)(H,14,18)(H,15,16,17). The monoisotopic (exact) mass is 267 g/mol. The molecule has 1 aromatic rings. The number of aromatic nitrogens is 3. The molecule has 0 aliphatic carbocycles. The molecule has 0 atom stereocenters. The first-order chi connectivity index (χ1) is 8.70. The molecule has 0 aliphatic heterocycles. The van der Waals surface area contributed by atoms with Gasteiger partial charge in [0.15, 0.2) is 0 Å². The van der Waals surface area contributed by atoms with Gasteiger partial charge in [-0.15, -0.1) is 5.10 Å². The van der Waals surface area contributed by atoms with Crippen LogP contribution in [0, 0.1) is 0 Å². The van der Waals surface area contributed by atoms with E-state index in [0.717, 1.165) is 0 Å². The average molecular weight is 267 g/mol. The molecule has 0 fully saturated rings. The molecule has 0 saturated heterocycles. The number of carbonyl (C=O) groups excluding carboxylic acids is 2. The molecule has 1 heterocycles. The molecule has 7 heteroatoms. The Morgan fingerprint density at radius 1 is 1.32 bits per heavy atom. The highest BCUT2D eigenvalue weighted by Gasteiger charge is 2.21. The number of amides is 2. The van der Waals surface area contributed by atoms with Crippen molar-refractivity contribution in [1.29, 1.82) is 0 Å². The van der Waals surface area contributed by atoms with Gasteiger partial charge >= 0.3 is 0 Å². The van der Waals surface area contributed by atoms with Crippen molar-refractivity contribution in [2.24, 2.45) is 0 Å². The van der Waals surface area contributed by atoms with Crippen LogP contribution in [-0.2, 0) is 10.2 Å². The Morgan fingerprint density at radius 3 is 2.42 bits per heavy atom. The summed E-state index contributed by atoms with van der Waals surface area (Å²) in [4.78, 5) is 27.2. The van der Waals surface area contributed by atoms with Crippen molar-refractivity contribution in [2.75, 3.05) is 6.54 Å². The second-order valence-electron chi connectivity index (χ2n) is 5.66. The van der Waals surface area contributed by atoms with Crippen molar-refractivity contribution < 1.29 is 9.59 Å². The quantitative estimate of drug-likeness (QED) is 0.733. The maximum Gasteiger partial charge on any atom is 0.291 e. The predicted octanol–water partition coefficient (Wildman–Crippen LogP) is 0.357. The van der Waals surface area contributed by atoms with Gasteiger partial charge < -0.3 is 10.6 Å². The van der Waals surface area contributed by atoms with Crippen molar-refractivity contribution in [3.63, 3.8) is 0 Å². The zero-order valence-corrected chi connectivity index (χ0v) is 12.0. The van der Waals surface area contributed by atoms with E-state index in [9.17, 15) is 9.59 Å². The average Bonchev–Trinajstić information content (AvgIpc) is 2.73. The Hall–Kier alpha value is -1.92. The fourth-order valence-corrected chi connectivity index (χ4v) is 1.31. The SMILES string of the molecule is CC(C)NC(=O)CNC(=O)c1n[nH]c(C(C)(C)C)n1. The van der Waals surface area contributed by atoms with E-state index >= 15 is 0 Å². The number of nitrogens with zero attached hydrogens (tertiary/aromatic N) is 2. The first-order valence-electron chi connectivity index (χ1n) is 6.20. The summed E-state index contributed by atoms with van der Waals surface area (Å²) in [5.74, 6) is -0.0351. The largest absolute Gasteiger partial charge is 0.352 e. The second-order valence-corrected chi connectivity index (χ2v) is 5.66. The lowest BCUT2D eigenvalue weighted by Crippen LogP contribution is -2.40. The minimum atomic E-state index is -0.467. The molecule has 106 valence electrons. The summed E-state index contributed by atoms with van der Waals surface area (Å²) in [6, 6.07) is 0.0420. The van der Waals surface area contributed by atoms with Gasteiger partial charge in [-0.25, -0.2) is 4.98 Å². The van der Waals surface area contributed by atoms with Gasteiger partial charge in [0, 0.05) is 11.5 Å². The highest BCUT2D eigenvalue weighted by atomic mass is 16.2. The maximum atomic E-state index is 11.7. The molecule has 0 aliphatic rings. The van der Waals surface area contributed by atoms with E-state index < -0.39 is 5.91 Å². The first-order valence-corrected chi connectivity index (χ1v) is 6.20. The third kappa shape index (κ3) is 4.69. The molecule has 1 aromatic heterocycles. The van der Waals surface area contributed by atoms with E-state index in [1.165, 1.54) is 0 Å². The topological polar surface area (TPSA) is 99.8 Å². The van der Waals surface area contributed by atoms with Gasteiger partial charge in [-0.2, -0.15) is 0 Å². The van der Waals surface area contributed by atoms with Crippen molar-refractivity contribution in [2.45, 2.75) is 46.1 Å². The third-order valence-corrected chi connectivity index (χ3v) is 2.26. The lowest BCUT2D eigenvalue weighted by atomic mass is 9.96. The van der Waals surface area contributed by atoms with Crippen molar-refractivity contribution in [3.05, 3.63) is 11.6 Å². The molecule has 2 amide bonds. The lowest BCUT2D eigenvalue weighted by molar-refractivity contribution is -0.120. The lowest BCUT2D eigenvalue weighted by Gasteiger charge is -2.12. The fourth-order valence-electron chi connectivity index (χ4n) is 1.31. The Bertz CT molecular complexity index is 459. The number of aromatic amines is 1. The minimum absolute atomic E-state index is 0.0420. The molecule has 0 aromatic carbocycles. The molecule has 0 radical (unpaired) electrons. The molecule has 19 heavy (non-hydrogen) atoms. The molecular formula is C12H21N5O2. The Labute approximate surface area is 112 Å². The van der Waals surface area contributed by atoms with Crippen molar-refractivity contribution in [1.82, 2.24) is 25.8 Å². The van der Waals surface area contributed by atoms with Gasteiger partial charge in [0.2, 0.25) is 11.7 Å². The van der Waals surface area contributed by atoms with Gasteiger partial charge in [-0.3, -0.25) is 14.7 Å². The van der Waals surface area contributed by atoms with E-state index in [2.05, 4.69) is 25.8 Å². The van der Waals surface area contributed by atoms with E-state index in [0.29, 0.717) is 5.82 Å². The summed E-state index contributed by atoms with van der Waals surface area (Å²) in [5, 5.41) is 11.7. The first kappa shape index (κ1) is 15.1. The van der Waals surface area contributed by atoms with Gasteiger partial charge in [0.05, 0.1) is 6.54 Å². The number of rotatable bonds is 4. The molecule has 7 nitrogen and oxygen atoms in total. The fraction of sp³-hybridized carbons (Fsp3) is 0.667. The summed E-state index contributed by atoms with van der Waals surface area (Å²) in [5.41, 5.74) is -0.208. The van der Waals surface area contributed by atoms with Crippen LogP contribution in [0.15, 0.2) is 0 Å². The van der Waals surface area contributed by atoms with Crippen LogP contribution < -0.4 is 10.6 Å². The Balaban J connectivity index is 2.55. The van der Waals surface area contributed by atoms with Gasteiger partial charge in [0.1, 0.15) is 5.82 Å². The summed E-state index contributed by atoms with van der Waals surface area (Å²) >= 11 is 0. The molecule has 1 rings (SSSR count). The number of nitrogens with one attached hydrogen (secondary N) is 3. The maximum absolute atomic E-state index is 11.7. The van der Waals surface area contributed by atoms with E-state index in [1.807, 2.05) is 34.6 Å².